The lowest BCUT2D eigenvalue weighted by Gasteiger charge is -2.27. The molecule has 3 aliphatic rings. The summed E-state index contributed by atoms with van der Waals surface area (Å²) in [5.74, 6) is 3.12. The largest absolute Gasteiger partial charge is 0.378 e. The van der Waals surface area contributed by atoms with Crippen LogP contribution in [0.15, 0.2) is 0 Å². The van der Waals surface area contributed by atoms with E-state index in [1.165, 1.54) is 38.5 Å². The fourth-order valence-corrected chi connectivity index (χ4v) is 3.13. The van der Waals surface area contributed by atoms with E-state index in [1.807, 2.05) is 0 Å². The van der Waals surface area contributed by atoms with Crippen molar-refractivity contribution in [1.82, 2.24) is 15.0 Å². The molecule has 0 amide bonds. The molecule has 22 heavy (non-hydrogen) atoms. The first-order valence-corrected chi connectivity index (χ1v) is 8.24. The van der Waals surface area contributed by atoms with Gasteiger partial charge in [0, 0.05) is 25.0 Å². The van der Waals surface area contributed by atoms with E-state index in [9.17, 15) is 0 Å². The monoisotopic (exact) mass is 325 g/mol. The summed E-state index contributed by atoms with van der Waals surface area (Å²) in [4.78, 5) is 16.3. The molecule has 0 atom stereocenters. The highest BCUT2D eigenvalue weighted by atomic mass is 35.5. The third-order valence-corrected chi connectivity index (χ3v) is 4.57. The second kappa shape index (κ2) is 6.96. The van der Waals surface area contributed by atoms with Crippen molar-refractivity contribution in [3.8, 4) is 0 Å². The number of halogens is 1. The third kappa shape index (κ3) is 3.60. The summed E-state index contributed by atoms with van der Waals surface area (Å²) in [5, 5.41) is 3.44. The molecule has 2 heterocycles. The molecule has 122 valence electrons. The van der Waals surface area contributed by atoms with Crippen LogP contribution in [0, 0.1) is 0 Å². The molecule has 0 aromatic carbocycles. The summed E-state index contributed by atoms with van der Waals surface area (Å²) < 4.78 is 5.43. The number of ether oxygens (including phenoxy) is 1. The zero-order valence-electron chi connectivity index (χ0n) is 12.8. The SMILES string of the molecule is C1CCC(c2nc(NC3CC3)nc(N3CCOCC3)n2)C1.Cl. The number of nitrogens with one attached hydrogen (secondary N) is 1. The summed E-state index contributed by atoms with van der Waals surface area (Å²) in [6.07, 6.45) is 7.50. The lowest BCUT2D eigenvalue weighted by molar-refractivity contribution is 0.122. The molecule has 0 spiro atoms. The normalized spacial score (nSPS) is 22.5. The van der Waals surface area contributed by atoms with Gasteiger partial charge in [-0.25, -0.2) is 0 Å². The van der Waals surface area contributed by atoms with Crippen molar-refractivity contribution < 1.29 is 4.74 Å². The predicted molar refractivity (Wildman–Crippen MR) is 88.0 cm³/mol. The Kier molecular flexibility index (Phi) is 4.98. The molecule has 0 bridgehead atoms. The van der Waals surface area contributed by atoms with Gasteiger partial charge in [0.2, 0.25) is 11.9 Å². The van der Waals surface area contributed by atoms with E-state index >= 15 is 0 Å². The number of hydrogen-bond acceptors (Lipinski definition) is 6. The molecule has 7 heteroatoms. The molecule has 3 fully saturated rings. The Morgan fingerprint density at radius 2 is 1.68 bits per heavy atom. The second-order valence-electron chi connectivity index (χ2n) is 6.32. The van der Waals surface area contributed by atoms with Gasteiger partial charge in [-0.15, -0.1) is 12.4 Å². The Morgan fingerprint density at radius 1 is 0.955 bits per heavy atom. The maximum atomic E-state index is 5.43. The average Bonchev–Trinajstić information content (AvgIpc) is 3.17. The second-order valence-corrected chi connectivity index (χ2v) is 6.32. The first-order valence-electron chi connectivity index (χ1n) is 8.24. The van der Waals surface area contributed by atoms with Crippen molar-refractivity contribution in [2.45, 2.75) is 50.5 Å². The lowest BCUT2D eigenvalue weighted by Crippen LogP contribution is -2.37. The fourth-order valence-electron chi connectivity index (χ4n) is 3.13. The maximum Gasteiger partial charge on any atom is 0.230 e. The van der Waals surface area contributed by atoms with E-state index in [4.69, 9.17) is 14.7 Å². The maximum absolute atomic E-state index is 5.43. The topological polar surface area (TPSA) is 63.2 Å². The van der Waals surface area contributed by atoms with Gasteiger partial charge in [0.25, 0.3) is 0 Å². The Hall–Kier alpha value is -1.14. The summed E-state index contributed by atoms with van der Waals surface area (Å²) in [5.41, 5.74) is 0. The Balaban J connectivity index is 0.00000144. The van der Waals surface area contributed by atoms with Crippen molar-refractivity contribution >= 4 is 24.3 Å². The number of morpholine rings is 1. The molecule has 0 radical (unpaired) electrons. The minimum atomic E-state index is 0. The molecular formula is C15H24ClN5O. The van der Waals surface area contributed by atoms with Gasteiger partial charge in [-0.2, -0.15) is 15.0 Å². The van der Waals surface area contributed by atoms with Gasteiger partial charge in [0.05, 0.1) is 13.2 Å². The van der Waals surface area contributed by atoms with E-state index in [2.05, 4.69) is 15.2 Å². The first kappa shape index (κ1) is 15.7. The van der Waals surface area contributed by atoms with Crippen LogP contribution in [-0.2, 0) is 4.74 Å². The van der Waals surface area contributed by atoms with Crippen LogP contribution in [0.4, 0.5) is 11.9 Å². The zero-order valence-corrected chi connectivity index (χ0v) is 13.6. The van der Waals surface area contributed by atoms with Crippen LogP contribution < -0.4 is 10.2 Å². The molecule has 1 saturated heterocycles. The van der Waals surface area contributed by atoms with Gasteiger partial charge in [0.15, 0.2) is 0 Å². The number of nitrogens with zero attached hydrogens (tertiary/aromatic N) is 4. The van der Waals surface area contributed by atoms with Crippen LogP contribution >= 0.6 is 12.4 Å². The minimum absolute atomic E-state index is 0. The van der Waals surface area contributed by atoms with Crippen molar-refractivity contribution in [2.24, 2.45) is 0 Å². The van der Waals surface area contributed by atoms with Crippen molar-refractivity contribution in [3.05, 3.63) is 5.82 Å². The van der Waals surface area contributed by atoms with Crippen molar-refractivity contribution in [2.75, 3.05) is 36.5 Å². The molecule has 4 rings (SSSR count). The van der Waals surface area contributed by atoms with E-state index < -0.39 is 0 Å². The molecule has 1 aliphatic heterocycles. The Morgan fingerprint density at radius 3 is 2.36 bits per heavy atom. The highest BCUT2D eigenvalue weighted by Gasteiger charge is 2.26. The van der Waals surface area contributed by atoms with Gasteiger partial charge in [0.1, 0.15) is 5.82 Å². The number of rotatable bonds is 4. The van der Waals surface area contributed by atoms with E-state index in [0.29, 0.717) is 12.0 Å². The quantitative estimate of drug-likeness (QED) is 0.917. The van der Waals surface area contributed by atoms with Gasteiger partial charge in [-0.1, -0.05) is 12.8 Å². The van der Waals surface area contributed by atoms with Gasteiger partial charge in [-0.3, -0.25) is 0 Å². The highest BCUT2D eigenvalue weighted by molar-refractivity contribution is 5.85. The minimum Gasteiger partial charge on any atom is -0.378 e. The Labute approximate surface area is 137 Å². The number of aromatic nitrogens is 3. The van der Waals surface area contributed by atoms with Gasteiger partial charge < -0.3 is 15.0 Å². The molecule has 0 unspecified atom stereocenters. The highest BCUT2D eigenvalue weighted by Crippen LogP contribution is 2.33. The molecule has 1 aromatic heterocycles. The van der Waals surface area contributed by atoms with Crippen LogP contribution in [0.3, 0.4) is 0 Å². The van der Waals surface area contributed by atoms with Crippen molar-refractivity contribution in [3.63, 3.8) is 0 Å². The zero-order chi connectivity index (χ0) is 14.1. The third-order valence-electron chi connectivity index (χ3n) is 4.57. The molecule has 1 N–H and O–H groups in total. The first-order chi connectivity index (χ1) is 10.4. The average molecular weight is 326 g/mol. The standard InChI is InChI=1S/C15H23N5O.ClH/c1-2-4-11(3-1)13-17-14(16-12-5-6-12)19-15(18-13)20-7-9-21-10-8-20;/h11-12H,1-10H2,(H,16,17,18,19);1H. The summed E-state index contributed by atoms with van der Waals surface area (Å²) in [7, 11) is 0. The molecule has 6 nitrogen and oxygen atoms in total. The molecule has 2 aliphatic carbocycles. The smallest absolute Gasteiger partial charge is 0.230 e. The van der Waals surface area contributed by atoms with Gasteiger partial charge in [-0.05, 0) is 25.7 Å². The molecule has 2 saturated carbocycles. The number of anilines is 2. The predicted octanol–water partition coefficient (Wildman–Crippen LogP) is 2.36. The van der Waals surface area contributed by atoms with Gasteiger partial charge >= 0.3 is 0 Å². The van der Waals surface area contributed by atoms with Crippen LogP contribution in [0.2, 0.25) is 0 Å². The van der Waals surface area contributed by atoms with E-state index in [-0.39, 0.29) is 12.4 Å². The fraction of sp³-hybridized carbons (Fsp3) is 0.800. The summed E-state index contributed by atoms with van der Waals surface area (Å²) in [6, 6.07) is 0.571. The van der Waals surface area contributed by atoms with E-state index in [1.54, 1.807) is 0 Å². The Bertz CT molecular complexity index is 499. The summed E-state index contributed by atoms with van der Waals surface area (Å²) >= 11 is 0. The van der Waals surface area contributed by atoms with Crippen LogP contribution in [0.5, 0.6) is 0 Å². The molecule has 1 aromatic rings. The van der Waals surface area contributed by atoms with Crippen LogP contribution in [0.1, 0.15) is 50.3 Å². The molecular weight excluding hydrogens is 302 g/mol. The van der Waals surface area contributed by atoms with Crippen LogP contribution in [0.25, 0.3) is 0 Å². The number of hydrogen-bond donors (Lipinski definition) is 1. The van der Waals surface area contributed by atoms with Crippen molar-refractivity contribution in [1.29, 1.82) is 0 Å². The van der Waals surface area contributed by atoms with Crippen LogP contribution in [-0.4, -0.2) is 47.3 Å². The lowest BCUT2D eigenvalue weighted by atomic mass is 10.1. The van der Waals surface area contributed by atoms with E-state index in [0.717, 1.165) is 44.0 Å². The summed E-state index contributed by atoms with van der Waals surface area (Å²) in [6.45, 7) is 3.26.